The Morgan fingerprint density at radius 1 is 0.571 bits per heavy atom. The van der Waals surface area contributed by atoms with Crippen LogP contribution >= 0.6 is 0 Å². The number of hydrogen-bond acceptors (Lipinski definition) is 0. The molecule has 1 heteroatoms. The van der Waals surface area contributed by atoms with E-state index in [2.05, 4.69) is 20.8 Å². The molecule has 7 heavy (non-hydrogen) atoms. The standard InChI is InChI=1S/3C2H5.Y/c3*1-2;/h3*1H2,2H3;/q3*-1;+3. The minimum Gasteiger partial charge on any atom is -0.346 e. The Hall–Kier alpha value is 1.10. The minimum absolute atomic E-state index is 0. The van der Waals surface area contributed by atoms with Crippen LogP contribution in [0.2, 0.25) is 0 Å². The van der Waals surface area contributed by atoms with E-state index < -0.39 is 0 Å². The molecule has 0 aliphatic heterocycles. The van der Waals surface area contributed by atoms with Crippen LogP contribution in [0, 0.1) is 20.8 Å². The van der Waals surface area contributed by atoms with Gasteiger partial charge in [0.1, 0.15) is 0 Å². The molecule has 0 saturated carbocycles. The molecule has 0 spiro atoms. The third-order valence-electron chi connectivity index (χ3n) is 0. The molecule has 0 aromatic heterocycles. The average Bonchev–Trinajstić information content (AvgIpc) is 1.81. The first-order chi connectivity index (χ1) is 3.00. The first-order valence-electron chi connectivity index (χ1n) is 2.12. The van der Waals surface area contributed by atoms with Crippen LogP contribution in [-0.4, -0.2) is 0 Å². The summed E-state index contributed by atoms with van der Waals surface area (Å²) in [6.45, 7) is 15.0. The molecule has 0 radical (unpaired) electrons. The molecule has 0 atom stereocenters. The quantitative estimate of drug-likeness (QED) is 0.497. The van der Waals surface area contributed by atoms with Gasteiger partial charge in [-0.05, 0) is 0 Å². The van der Waals surface area contributed by atoms with E-state index in [9.17, 15) is 0 Å². The number of hydrogen-bond donors (Lipinski definition) is 0. The third-order valence-corrected chi connectivity index (χ3v) is 0. The first kappa shape index (κ1) is 24.3. The molecular weight excluding hydrogens is 161 g/mol. The van der Waals surface area contributed by atoms with Crippen LogP contribution < -0.4 is 0 Å². The fourth-order valence-electron chi connectivity index (χ4n) is 0. The van der Waals surface area contributed by atoms with Gasteiger partial charge < -0.3 is 20.8 Å². The van der Waals surface area contributed by atoms with Crippen molar-refractivity contribution < 1.29 is 32.7 Å². The van der Waals surface area contributed by atoms with Gasteiger partial charge in [-0.15, -0.1) is 0 Å². The van der Waals surface area contributed by atoms with Crippen molar-refractivity contribution in [2.45, 2.75) is 20.8 Å². The maximum Gasteiger partial charge on any atom is 3.00 e. The third kappa shape index (κ3) is 152. The Morgan fingerprint density at radius 2 is 0.571 bits per heavy atom. The monoisotopic (exact) mass is 176 g/mol. The number of rotatable bonds is 0. The topological polar surface area (TPSA) is 0 Å². The Morgan fingerprint density at radius 3 is 0.571 bits per heavy atom. The van der Waals surface area contributed by atoms with Gasteiger partial charge in [-0.2, -0.15) is 20.8 Å². The molecular formula is C6H15Y. The molecule has 0 bridgehead atoms. The SMILES string of the molecule is [CH2-]C.[CH2-]C.[CH2-]C.[Y+3]. The summed E-state index contributed by atoms with van der Waals surface area (Å²) in [7, 11) is 0. The molecule has 0 aliphatic rings. The molecule has 0 amide bonds. The fourth-order valence-corrected chi connectivity index (χ4v) is 0. The molecule has 0 aliphatic carbocycles. The van der Waals surface area contributed by atoms with E-state index in [4.69, 9.17) is 0 Å². The van der Waals surface area contributed by atoms with E-state index in [1.807, 2.05) is 0 Å². The molecule has 0 fully saturated rings. The average molecular weight is 176 g/mol. The summed E-state index contributed by atoms with van der Waals surface area (Å²) in [6, 6.07) is 0. The van der Waals surface area contributed by atoms with Crippen LogP contribution in [0.25, 0.3) is 0 Å². The van der Waals surface area contributed by atoms with Gasteiger partial charge in [0.05, 0.1) is 0 Å². The molecule has 0 aromatic rings. The van der Waals surface area contributed by atoms with Crippen molar-refractivity contribution in [3.05, 3.63) is 20.8 Å². The van der Waals surface area contributed by atoms with E-state index in [1.54, 1.807) is 20.8 Å². The summed E-state index contributed by atoms with van der Waals surface area (Å²) >= 11 is 0. The summed E-state index contributed by atoms with van der Waals surface area (Å²) in [5.74, 6) is 0. The van der Waals surface area contributed by atoms with Gasteiger partial charge >= 0.3 is 32.7 Å². The van der Waals surface area contributed by atoms with E-state index in [1.165, 1.54) is 0 Å². The van der Waals surface area contributed by atoms with E-state index >= 15 is 0 Å². The van der Waals surface area contributed by atoms with Gasteiger partial charge in [0.15, 0.2) is 0 Å². The van der Waals surface area contributed by atoms with Crippen molar-refractivity contribution in [2.24, 2.45) is 0 Å². The maximum atomic E-state index is 3.25. The van der Waals surface area contributed by atoms with Gasteiger partial charge in [0.25, 0.3) is 0 Å². The van der Waals surface area contributed by atoms with Crippen molar-refractivity contribution in [1.82, 2.24) is 0 Å². The van der Waals surface area contributed by atoms with Gasteiger partial charge in [-0.3, -0.25) is 0 Å². The molecule has 0 N–H and O–H groups in total. The normalized spacial score (nSPS) is 2.57. The van der Waals surface area contributed by atoms with Crippen molar-refractivity contribution in [3.8, 4) is 0 Å². The zero-order chi connectivity index (χ0) is 6.00. The van der Waals surface area contributed by atoms with E-state index in [-0.39, 0.29) is 32.7 Å². The minimum atomic E-state index is 0. The Kier molecular flexibility index (Phi) is 753. The fraction of sp³-hybridized carbons (Fsp3) is 0.500. The second-order valence-electron chi connectivity index (χ2n) is 0. The summed E-state index contributed by atoms with van der Waals surface area (Å²) in [5, 5.41) is 0. The van der Waals surface area contributed by atoms with Crippen molar-refractivity contribution >= 4 is 0 Å². The smallest absolute Gasteiger partial charge is 0.346 e. The maximum absolute atomic E-state index is 3.25. The first-order valence-corrected chi connectivity index (χ1v) is 2.12. The van der Waals surface area contributed by atoms with Crippen LogP contribution in [0.1, 0.15) is 20.8 Å². The van der Waals surface area contributed by atoms with Crippen LogP contribution in [-0.2, 0) is 32.7 Å². The molecule has 0 saturated heterocycles. The zero-order valence-electron chi connectivity index (χ0n) is 5.70. The van der Waals surface area contributed by atoms with Gasteiger partial charge in [0.2, 0.25) is 0 Å². The van der Waals surface area contributed by atoms with Crippen LogP contribution in [0.5, 0.6) is 0 Å². The molecule has 0 nitrogen and oxygen atoms in total. The molecule has 42 valence electrons. The van der Waals surface area contributed by atoms with Crippen LogP contribution in [0.4, 0.5) is 0 Å². The Labute approximate surface area is 74.0 Å². The van der Waals surface area contributed by atoms with Crippen molar-refractivity contribution in [1.29, 1.82) is 0 Å². The van der Waals surface area contributed by atoms with Gasteiger partial charge in [0, 0.05) is 0 Å². The zero-order valence-corrected chi connectivity index (χ0v) is 8.54. The van der Waals surface area contributed by atoms with Crippen molar-refractivity contribution in [3.63, 3.8) is 0 Å². The second kappa shape index (κ2) is 217. The van der Waals surface area contributed by atoms with Crippen LogP contribution in [0.3, 0.4) is 0 Å². The van der Waals surface area contributed by atoms with Crippen molar-refractivity contribution in [2.75, 3.05) is 0 Å². The van der Waals surface area contributed by atoms with Gasteiger partial charge in [-0.1, -0.05) is 0 Å². The van der Waals surface area contributed by atoms with Gasteiger partial charge in [-0.25, -0.2) is 0 Å². The molecule has 0 aromatic carbocycles. The molecule has 0 unspecified atom stereocenters. The van der Waals surface area contributed by atoms with E-state index in [0.717, 1.165) is 0 Å². The summed E-state index contributed by atoms with van der Waals surface area (Å²) in [5.41, 5.74) is 0. The molecule has 0 heterocycles. The predicted octanol–water partition coefficient (Wildman–Crippen LogP) is 2.52. The summed E-state index contributed by atoms with van der Waals surface area (Å²) < 4.78 is 0. The second-order valence-corrected chi connectivity index (χ2v) is 0. The van der Waals surface area contributed by atoms with Crippen LogP contribution in [0.15, 0.2) is 0 Å². The Balaban J connectivity index is -0.00000000900. The predicted molar refractivity (Wildman–Crippen MR) is 33.1 cm³/mol. The molecule has 0 rings (SSSR count). The largest absolute Gasteiger partial charge is 3.00 e. The summed E-state index contributed by atoms with van der Waals surface area (Å²) in [4.78, 5) is 0. The Bertz CT molecular complexity index is 4.14. The van der Waals surface area contributed by atoms with E-state index in [0.29, 0.717) is 0 Å². The summed E-state index contributed by atoms with van der Waals surface area (Å²) in [6.07, 6.45) is 0.